The van der Waals surface area contributed by atoms with E-state index < -0.39 is 5.60 Å². The second kappa shape index (κ2) is 33.1. The van der Waals surface area contributed by atoms with Crippen LogP contribution in [-0.4, -0.2) is 117 Å². The normalized spacial score (nSPS) is 11.8. The van der Waals surface area contributed by atoms with Crippen molar-refractivity contribution in [3.63, 3.8) is 0 Å². The molecule has 0 aliphatic carbocycles. The zero-order valence-electron chi connectivity index (χ0n) is 27.5. The third kappa shape index (κ3) is 37.2. The maximum absolute atomic E-state index is 11.5. The predicted molar refractivity (Wildman–Crippen MR) is 164 cm³/mol. The first-order chi connectivity index (χ1) is 20.5. The quantitative estimate of drug-likeness (QED) is 0.0699. The molecule has 0 fully saturated rings. The van der Waals surface area contributed by atoms with E-state index in [1.165, 1.54) is 57.8 Å². The molecule has 252 valence electrons. The molecule has 0 bridgehead atoms. The van der Waals surface area contributed by atoms with Gasteiger partial charge in [-0.15, -0.1) is 0 Å². The van der Waals surface area contributed by atoms with Crippen LogP contribution in [-0.2, 0) is 47.4 Å². The first-order valence-corrected chi connectivity index (χ1v) is 16.3. The summed E-state index contributed by atoms with van der Waals surface area (Å²) in [5.74, 6) is -0.378. The Balaban J connectivity index is 3.09. The highest BCUT2D eigenvalue weighted by atomic mass is 16.6. The first kappa shape index (κ1) is 41.1. The van der Waals surface area contributed by atoms with Gasteiger partial charge in [-0.1, -0.05) is 64.7 Å². The standard InChI is InChI=1S/C32H64O10/c1-5-6-7-8-9-10-11-12-13-14-15-34-16-17-35-18-19-36-20-21-37-22-23-38-24-25-39-26-27-40-28-29-41-30-31(33)42-32(2,3)4/h5-30H2,1-4H3. The smallest absolute Gasteiger partial charge is 0.332 e. The monoisotopic (exact) mass is 608 g/mol. The molecule has 0 N–H and O–H groups in total. The molecule has 0 amide bonds. The molecule has 10 nitrogen and oxygen atoms in total. The molecule has 0 aromatic rings. The third-order valence-corrected chi connectivity index (χ3v) is 5.89. The van der Waals surface area contributed by atoms with E-state index in [2.05, 4.69) is 6.92 Å². The van der Waals surface area contributed by atoms with Crippen LogP contribution in [0, 0.1) is 0 Å². The first-order valence-electron chi connectivity index (χ1n) is 16.3. The second-order valence-electron chi connectivity index (χ2n) is 11.1. The third-order valence-electron chi connectivity index (χ3n) is 5.89. The maximum Gasteiger partial charge on any atom is 0.332 e. The number of carbonyl (C=O) groups excluding carboxylic acids is 1. The van der Waals surface area contributed by atoms with Gasteiger partial charge in [-0.2, -0.15) is 0 Å². The average Bonchev–Trinajstić information content (AvgIpc) is 2.94. The van der Waals surface area contributed by atoms with E-state index in [0.717, 1.165) is 13.0 Å². The topological polar surface area (TPSA) is 100 Å². The molecule has 0 aromatic carbocycles. The van der Waals surface area contributed by atoms with Gasteiger partial charge in [0, 0.05) is 6.61 Å². The number of ether oxygens (including phenoxy) is 9. The highest BCUT2D eigenvalue weighted by molar-refractivity contribution is 5.71. The minimum Gasteiger partial charge on any atom is -0.458 e. The van der Waals surface area contributed by atoms with Crippen LogP contribution < -0.4 is 0 Å². The van der Waals surface area contributed by atoms with Crippen molar-refractivity contribution >= 4 is 5.97 Å². The fourth-order valence-corrected chi connectivity index (χ4v) is 3.76. The molecule has 0 aliphatic rings. The molecule has 0 aliphatic heterocycles. The van der Waals surface area contributed by atoms with Crippen molar-refractivity contribution in [2.45, 2.75) is 97.5 Å². The maximum atomic E-state index is 11.5. The Labute approximate surface area is 256 Å². The van der Waals surface area contributed by atoms with Gasteiger partial charge < -0.3 is 42.6 Å². The lowest BCUT2D eigenvalue weighted by molar-refractivity contribution is -0.160. The summed E-state index contributed by atoms with van der Waals surface area (Å²) in [5, 5.41) is 0. The minimum atomic E-state index is -0.502. The molecule has 0 saturated carbocycles. The Morgan fingerprint density at radius 1 is 0.405 bits per heavy atom. The van der Waals surface area contributed by atoms with E-state index in [4.69, 9.17) is 42.6 Å². The molecule has 42 heavy (non-hydrogen) atoms. The molecule has 0 saturated heterocycles. The van der Waals surface area contributed by atoms with Crippen molar-refractivity contribution in [1.29, 1.82) is 0 Å². The van der Waals surface area contributed by atoms with Crippen LogP contribution in [0.25, 0.3) is 0 Å². The molecule has 0 unspecified atom stereocenters. The van der Waals surface area contributed by atoms with E-state index in [1.807, 2.05) is 20.8 Å². The van der Waals surface area contributed by atoms with Gasteiger partial charge in [0.2, 0.25) is 0 Å². The molecular weight excluding hydrogens is 544 g/mol. The van der Waals surface area contributed by atoms with E-state index in [9.17, 15) is 4.79 Å². The van der Waals surface area contributed by atoms with Crippen molar-refractivity contribution in [3.05, 3.63) is 0 Å². The van der Waals surface area contributed by atoms with Gasteiger partial charge in [-0.05, 0) is 27.2 Å². The lowest BCUT2D eigenvalue weighted by Gasteiger charge is -2.19. The van der Waals surface area contributed by atoms with Crippen LogP contribution in [0.3, 0.4) is 0 Å². The van der Waals surface area contributed by atoms with Gasteiger partial charge >= 0.3 is 5.97 Å². The zero-order chi connectivity index (χ0) is 30.8. The Bertz CT molecular complexity index is 542. The van der Waals surface area contributed by atoms with Crippen LogP contribution in [0.15, 0.2) is 0 Å². The van der Waals surface area contributed by atoms with Crippen LogP contribution in [0.2, 0.25) is 0 Å². The minimum absolute atomic E-state index is 0.0735. The van der Waals surface area contributed by atoms with Gasteiger partial charge in [-0.25, -0.2) is 4.79 Å². The fourth-order valence-electron chi connectivity index (χ4n) is 3.76. The average molecular weight is 609 g/mol. The van der Waals surface area contributed by atoms with Gasteiger partial charge in [-0.3, -0.25) is 0 Å². The van der Waals surface area contributed by atoms with Crippen molar-refractivity contribution in [2.75, 3.05) is 106 Å². The van der Waals surface area contributed by atoms with E-state index in [1.54, 1.807) is 0 Å². The highest BCUT2D eigenvalue weighted by Gasteiger charge is 2.15. The largest absolute Gasteiger partial charge is 0.458 e. The summed E-state index contributed by atoms with van der Waals surface area (Å²) in [6, 6.07) is 0. The second-order valence-corrected chi connectivity index (χ2v) is 11.1. The van der Waals surface area contributed by atoms with Gasteiger partial charge in [0.05, 0.1) is 92.5 Å². The van der Waals surface area contributed by atoms with Crippen molar-refractivity contribution in [1.82, 2.24) is 0 Å². The zero-order valence-corrected chi connectivity index (χ0v) is 27.5. The molecule has 0 radical (unpaired) electrons. The van der Waals surface area contributed by atoms with E-state index in [-0.39, 0.29) is 12.6 Å². The molecule has 0 spiro atoms. The van der Waals surface area contributed by atoms with Crippen LogP contribution in [0.5, 0.6) is 0 Å². The summed E-state index contributed by atoms with van der Waals surface area (Å²) in [6.07, 6.45) is 13.4. The summed E-state index contributed by atoms with van der Waals surface area (Å²) in [4.78, 5) is 11.5. The van der Waals surface area contributed by atoms with E-state index in [0.29, 0.717) is 92.5 Å². The summed E-state index contributed by atoms with van der Waals surface area (Å²) < 4.78 is 48.8. The Morgan fingerprint density at radius 3 is 1.02 bits per heavy atom. The lowest BCUT2D eigenvalue weighted by Crippen LogP contribution is -2.27. The fraction of sp³-hybridized carbons (Fsp3) is 0.969. The molecule has 0 atom stereocenters. The molecule has 0 rings (SSSR count). The summed E-state index contributed by atoms with van der Waals surface area (Å²) in [6.45, 7) is 15.6. The molecular formula is C32H64O10. The van der Waals surface area contributed by atoms with Crippen LogP contribution in [0.4, 0.5) is 0 Å². The molecule has 10 heteroatoms. The Morgan fingerprint density at radius 2 is 0.690 bits per heavy atom. The predicted octanol–water partition coefficient (Wildman–Crippen LogP) is 5.38. The number of hydrogen-bond acceptors (Lipinski definition) is 10. The van der Waals surface area contributed by atoms with Gasteiger partial charge in [0.15, 0.2) is 0 Å². The SMILES string of the molecule is CCCCCCCCCCCCOCCOCCOCCOCCOCCOCCOCCOCC(=O)OC(C)(C)C. The number of rotatable bonds is 34. The van der Waals surface area contributed by atoms with Crippen LogP contribution >= 0.6 is 0 Å². The van der Waals surface area contributed by atoms with Gasteiger partial charge in [0.1, 0.15) is 12.2 Å². The Hall–Kier alpha value is -0.850. The lowest BCUT2D eigenvalue weighted by atomic mass is 10.1. The number of unbranched alkanes of at least 4 members (excludes halogenated alkanes) is 9. The van der Waals surface area contributed by atoms with Crippen molar-refractivity contribution in [3.8, 4) is 0 Å². The van der Waals surface area contributed by atoms with E-state index >= 15 is 0 Å². The summed E-state index contributed by atoms with van der Waals surface area (Å²) >= 11 is 0. The summed E-state index contributed by atoms with van der Waals surface area (Å²) in [5.41, 5.74) is -0.502. The number of hydrogen-bond donors (Lipinski definition) is 0. The van der Waals surface area contributed by atoms with Gasteiger partial charge in [0.25, 0.3) is 0 Å². The number of carbonyl (C=O) groups is 1. The van der Waals surface area contributed by atoms with Crippen molar-refractivity contribution < 1.29 is 47.4 Å². The summed E-state index contributed by atoms with van der Waals surface area (Å²) in [7, 11) is 0. The number of esters is 1. The van der Waals surface area contributed by atoms with Crippen LogP contribution in [0.1, 0.15) is 91.9 Å². The molecule has 0 aromatic heterocycles. The Kier molecular flexibility index (Phi) is 32.4. The highest BCUT2D eigenvalue weighted by Crippen LogP contribution is 2.10. The van der Waals surface area contributed by atoms with Crippen molar-refractivity contribution in [2.24, 2.45) is 0 Å². The molecule has 0 heterocycles.